The largest absolute Gasteiger partial charge is 0.459 e. The molecule has 1 aromatic carbocycles. The number of amides is 2. The van der Waals surface area contributed by atoms with E-state index in [2.05, 4.69) is 16.7 Å². The summed E-state index contributed by atoms with van der Waals surface area (Å²) in [5.74, 6) is -0.333. The first-order chi connectivity index (χ1) is 13.7. The first-order valence-electron chi connectivity index (χ1n) is 8.91. The fourth-order valence-electron chi connectivity index (χ4n) is 2.84. The van der Waals surface area contributed by atoms with Crippen LogP contribution in [0.25, 0.3) is 17.0 Å². The van der Waals surface area contributed by atoms with Crippen LogP contribution in [0.4, 0.5) is 0 Å². The number of fused-ring (bicyclic) bond motifs is 1. The molecule has 3 rings (SSSR count). The summed E-state index contributed by atoms with van der Waals surface area (Å²) in [7, 11) is 0. The molecular weight excluding hydrogens is 356 g/mol. The highest BCUT2D eigenvalue weighted by Crippen LogP contribution is 2.22. The summed E-state index contributed by atoms with van der Waals surface area (Å²) in [5, 5.41) is 15.2. The van der Waals surface area contributed by atoms with E-state index in [0.717, 1.165) is 16.5 Å². The summed E-state index contributed by atoms with van der Waals surface area (Å²) in [6.07, 6.45) is 7.01. The molecule has 3 aromatic rings. The number of carbonyl (C=O) groups is 2. The number of para-hydroxylation sites is 1. The van der Waals surface area contributed by atoms with Gasteiger partial charge in [-0.15, -0.1) is 0 Å². The second-order valence-corrected chi connectivity index (χ2v) is 6.06. The SMILES string of the molecule is N#CCCn1cc(/C=C/C(=O)NCCNC(=O)c2ccco2)c2ccccc21. The van der Waals surface area contributed by atoms with Crippen LogP contribution in [0.15, 0.2) is 59.4 Å². The van der Waals surface area contributed by atoms with E-state index in [1.165, 1.54) is 12.3 Å². The fourth-order valence-corrected chi connectivity index (χ4v) is 2.84. The number of nitrogens with one attached hydrogen (secondary N) is 2. The Morgan fingerprint density at radius 1 is 1.14 bits per heavy atom. The Hall–Kier alpha value is -3.79. The van der Waals surface area contributed by atoms with E-state index in [0.29, 0.717) is 26.1 Å². The lowest BCUT2D eigenvalue weighted by atomic mass is 10.1. The average molecular weight is 376 g/mol. The Kier molecular flexibility index (Phi) is 6.26. The maximum atomic E-state index is 12.0. The van der Waals surface area contributed by atoms with Crippen LogP contribution in [0.2, 0.25) is 0 Å². The molecule has 2 amide bonds. The predicted molar refractivity (Wildman–Crippen MR) is 105 cm³/mol. The predicted octanol–water partition coefficient (Wildman–Crippen LogP) is 2.71. The number of furan rings is 1. The van der Waals surface area contributed by atoms with Crippen LogP contribution in [0.3, 0.4) is 0 Å². The van der Waals surface area contributed by atoms with E-state index >= 15 is 0 Å². The topological polar surface area (TPSA) is 100 Å². The fraction of sp³-hybridized carbons (Fsp3) is 0.190. The third-order valence-corrected chi connectivity index (χ3v) is 4.15. The van der Waals surface area contributed by atoms with Crippen molar-refractivity contribution in [2.24, 2.45) is 0 Å². The van der Waals surface area contributed by atoms with Gasteiger partial charge in [0.25, 0.3) is 5.91 Å². The van der Waals surface area contributed by atoms with Crippen molar-refractivity contribution in [1.82, 2.24) is 15.2 Å². The Bertz CT molecular complexity index is 1030. The van der Waals surface area contributed by atoms with Gasteiger partial charge >= 0.3 is 0 Å². The number of hydrogen-bond donors (Lipinski definition) is 2. The quantitative estimate of drug-likeness (QED) is 0.466. The maximum absolute atomic E-state index is 12.0. The summed E-state index contributed by atoms with van der Waals surface area (Å²) in [4.78, 5) is 23.7. The Morgan fingerprint density at radius 2 is 1.96 bits per heavy atom. The van der Waals surface area contributed by atoms with Gasteiger partial charge in [0, 0.05) is 48.4 Å². The molecule has 0 saturated heterocycles. The normalized spacial score (nSPS) is 10.8. The minimum atomic E-state index is -0.319. The summed E-state index contributed by atoms with van der Waals surface area (Å²) in [6, 6.07) is 13.2. The molecule has 0 aliphatic heterocycles. The molecule has 0 fully saturated rings. The number of nitriles is 1. The van der Waals surface area contributed by atoms with Gasteiger partial charge in [0.15, 0.2) is 5.76 Å². The van der Waals surface area contributed by atoms with Gasteiger partial charge in [-0.2, -0.15) is 5.26 Å². The van der Waals surface area contributed by atoms with Gasteiger partial charge in [0.1, 0.15) is 0 Å². The number of aromatic nitrogens is 1. The summed E-state index contributed by atoms with van der Waals surface area (Å²) in [6.45, 7) is 1.21. The van der Waals surface area contributed by atoms with Crippen LogP contribution in [-0.2, 0) is 11.3 Å². The second kappa shape index (κ2) is 9.24. The Balaban J connectivity index is 1.54. The van der Waals surface area contributed by atoms with E-state index in [1.807, 2.05) is 35.0 Å². The van der Waals surface area contributed by atoms with E-state index < -0.39 is 0 Å². The van der Waals surface area contributed by atoms with Gasteiger partial charge < -0.3 is 19.6 Å². The molecule has 0 spiro atoms. The monoisotopic (exact) mass is 376 g/mol. The molecule has 0 aliphatic rings. The molecule has 0 unspecified atom stereocenters. The maximum Gasteiger partial charge on any atom is 0.287 e. The summed E-state index contributed by atoms with van der Waals surface area (Å²) in [5.41, 5.74) is 1.94. The third-order valence-electron chi connectivity index (χ3n) is 4.15. The highest BCUT2D eigenvalue weighted by Gasteiger charge is 2.08. The van der Waals surface area contributed by atoms with Crippen LogP contribution in [0.1, 0.15) is 22.5 Å². The van der Waals surface area contributed by atoms with Crippen LogP contribution < -0.4 is 10.6 Å². The van der Waals surface area contributed by atoms with Crippen molar-refractivity contribution in [3.63, 3.8) is 0 Å². The van der Waals surface area contributed by atoms with Gasteiger partial charge in [-0.1, -0.05) is 18.2 Å². The second-order valence-electron chi connectivity index (χ2n) is 6.06. The lowest BCUT2D eigenvalue weighted by molar-refractivity contribution is -0.116. The van der Waals surface area contributed by atoms with E-state index in [4.69, 9.17) is 9.68 Å². The molecule has 28 heavy (non-hydrogen) atoms. The number of nitrogens with zero attached hydrogens (tertiary/aromatic N) is 2. The molecule has 7 heteroatoms. The molecule has 0 radical (unpaired) electrons. The third kappa shape index (κ3) is 4.68. The van der Waals surface area contributed by atoms with Gasteiger partial charge in [-0.05, 0) is 24.3 Å². The zero-order chi connectivity index (χ0) is 19.8. The minimum absolute atomic E-state index is 0.235. The van der Waals surface area contributed by atoms with E-state index in [1.54, 1.807) is 18.2 Å². The molecule has 0 aliphatic carbocycles. The average Bonchev–Trinajstić information content (AvgIpc) is 3.36. The minimum Gasteiger partial charge on any atom is -0.459 e. The molecule has 0 atom stereocenters. The van der Waals surface area contributed by atoms with Gasteiger partial charge in [0.05, 0.1) is 18.8 Å². The zero-order valence-electron chi connectivity index (χ0n) is 15.2. The van der Waals surface area contributed by atoms with Crippen molar-refractivity contribution in [3.05, 3.63) is 66.3 Å². The van der Waals surface area contributed by atoms with Crippen molar-refractivity contribution in [2.45, 2.75) is 13.0 Å². The molecule has 7 nitrogen and oxygen atoms in total. The van der Waals surface area contributed by atoms with E-state index in [-0.39, 0.29) is 17.6 Å². The van der Waals surface area contributed by atoms with Crippen LogP contribution in [-0.4, -0.2) is 29.5 Å². The standard InChI is InChI=1S/C21H20N4O3/c22-10-4-13-25-15-16(17-5-1-2-6-18(17)25)8-9-20(26)23-11-12-24-21(27)19-7-3-14-28-19/h1-3,5-9,14-15H,4,11-13H2,(H,23,26)(H,24,27)/b9-8+. The molecule has 0 saturated carbocycles. The Labute approximate surface area is 162 Å². The van der Waals surface area contributed by atoms with Gasteiger partial charge in [-0.25, -0.2) is 0 Å². The molecule has 2 aromatic heterocycles. The zero-order valence-corrected chi connectivity index (χ0v) is 15.2. The Morgan fingerprint density at radius 3 is 2.75 bits per heavy atom. The number of benzene rings is 1. The van der Waals surface area contributed by atoms with Crippen LogP contribution >= 0.6 is 0 Å². The first kappa shape index (κ1) is 19.0. The van der Waals surface area contributed by atoms with Crippen molar-refractivity contribution < 1.29 is 14.0 Å². The number of hydrogen-bond acceptors (Lipinski definition) is 4. The highest BCUT2D eigenvalue weighted by atomic mass is 16.3. The molecule has 2 N–H and O–H groups in total. The lowest BCUT2D eigenvalue weighted by Crippen LogP contribution is -2.33. The highest BCUT2D eigenvalue weighted by molar-refractivity contribution is 5.96. The molecule has 0 bridgehead atoms. The molecule has 142 valence electrons. The van der Waals surface area contributed by atoms with Crippen LogP contribution in [0, 0.1) is 11.3 Å². The summed E-state index contributed by atoms with van der Waals surface area (Å²) >= 11 is 0. The van der Waals surface area contributed by atoms with Crippen molar-refractivity contribution >= 4 is 28.8 Å². The molecule has 2 heterocycles. The number of carbonyl (C=O) groups excluding carboxylic acids is 2. The number of rotatable bonds is 8. The molecular formula is C21H20N4O3. The smallest absolute Gasteiger partial charge is 0.287 e. The van der Waals surface area contributed by atoms with Crippen molar-refractivity contribution in [3.8, 4) is 6.07 Å². The number of aryl methyl sites for hydroxylation is 1. The summed E-state index contributed by atoms with van der Waals surface area (Å²) < 4.78 is 7.01. The van der Waals surface area contributed by atoms with Crippen LogP contribution in [0.5, 0.6) is 0 Å². The van der Waals surface area contributed by atoms with Crippen molar-refractivity contribution in [2.75, 3.05) is 13.1 Å². The van der Waals surface area contributed by atoms with E-state index in [9.17, 15) is 9.59 Å². The first-order valence-corrected chi connectivity index (χ1v) is 8.91. The van der Waals surface area contributed by atoms with Gasteiger partial charge in [-0.3, -0.25) is 9.59 Å². The van der Waals surface area contributed by atoms with Crippen molar-refractivity contribution in [1.29, 1.82) is 5.26 Å². The lowest BCUT2D eigenvalue weighted by Gasteiger charge is -2.03. The van der Waals surface area contributed by atoms with Gasteiger partial charge in [0.2, 0.25) is 5.91 Å².